The molecule has 8 rings (SSSR count). The lowest BCUT2D eigenvalue weighted by molar-refractivity contribution is -0.119. The second-order valence-electron chi connectivity index (χ2n) is 18.9. The van der Waals surface area contributed by atoms with Crippen molar-refractivity contribution in [2.24, 2.45) is 69.0 Å². The predicted molar refractivity (Wildman–Crippen MR) is 191 cm³/mol. The molecule has 4 heteroatoms. The molecule has 0 amide bonds. The Balaban J connectivity index is 1.04. The molecule has 0 saturated heterocycles. The van der Waals surface area contributed by atoms with Crippen molar-refractivity contribution in [2.75, 3.05) is 0 Å². The Labute approximate surface area is 289 Å². The van der Waals surface area contributed by atoms with Gasteiger partial charge in [0.2, 0.25) is 0 Å². The first kappa shape index (κ1) is 33.1. The predicted octanol–water partition coefficient (Wildman–Crippen LogP) is 8.89. The first-order chi connectivity index (χ1) is 22.9. The SMILES string of the molecule is C[C@]12CC[C@H]3[C@@H]([C@H](/C=C/C=C/C=C/[C@@H]4CC5=CC(=O)CC[C@]5(C)[C@H]5CC[C@]6(C)[C@H](O)CC[C@H]6[C@H]45)CC4=CC(=O)CC[C@@]43C)[C@@H]1CC[C@H]2O. The highest BCUT2D eigenvalue weighted by atomic mass is 16.3. The summed E-state index contributed by atoms with van der Waals surface area (Å²) >= 11 is 0. The molecule has 0 spiro atoms. The van der Waals surface area contributed by atoms with Crippen LogP contribution in [0.1, 0.15) is 118 Å². The van der Waals surface area contributed by atoms with E-state index in [0.717, 1.165) is 77.0 Å². The normalized spacial score (nSPS) is 51.6. The van der Waals surface area contributed by atoms with E-state index in [2.05, 4.69) is 64.2 Å². The number of carbonyl (C=O) groups excluding carboxylic acids is 2. The Morgan fingerprint density at radius 2 is 0.979 bits per heavy atom. The lowest BCUT2D eigenvalue weighted by Crippen LogP contribution is -2.54. The summed E-state index contributed by atoms with van der Waals surface area (Å²) in [6, 6.07) is 0. The van der Waals surface area contributed by atoms with E-state index in [1.807, 2.05) is 12.2 Å². The van der Waals surface area contributed by atoms with Gasteiger partial charge in [-0.3, -0.25) is 9.59 Å². The average Bonchev–Trinajstić information content (AvgIpc) is 3.53. The van der Waals surface area contributed by atoms with Crippen LogP contribution in [0.5, 0.6) is 0 Å². The molecule has 0 aromatic carbocycles. The van der Waals surface area contributed by atoms with Crippen LogP contribution >= 0.6 is 0 Å². The number of aliphatic hydroxyl groups is 2. The van der Waals surface area contributed by atoms with Gasteiger partial charge in [-0.1, -0.05) is 75.3 Å². The average molecular weight is 653 g/mol. The van der Waals surface area contributed by atoms with Gasteiger partial charge in [0.05, 0.1) is 12.2 Å². The Morgan fingerprint density at radius 1 is 0.562 bits per heavy atom. The molecule has 0 aliphatic heterocycles. The molecule has 0 radical (unpaired) electrons. The molecule has 0 aromatic rings. The summed E-state index contributed by atoms with van der Waals surface area (Å²) in [4.78, 5) is 25.2. The van der Waals surface area contributed by atoms with Gasteiger partial charge in [0.1, 0.15) is 0 Å². The van der Waals surface area contributed by atoms with Crippen molar-refractivity contribution in [3.8, 4) is 0 Å². The van der Waals surface area contributed by atoms with Crippen molar-refractivity contribution < 1.29 is 19.8 Å². The molecule has 8 aliphatic carbocycles. The zero-order chi connectivity index (χ0) is 33.6. The first-order valence-electron chi connectivity index (χ1n) is 19.7. The van der Waals surface area contributed by atoms with Crippen LogP contribution in [0, 0.1) is 69.0 Å². The van der Waals surface area contributed by atoms with Crippen molar-refractivity contribution in [3.63, 3.8) is 0 Å². The van der Waals surface area contributed by atoms with E-state index >= 15 is 0 Å². The Kier molecular flexibility index (Phi) is 8.11. The standard InChI is InChI=1S/C44H60O4/c1-41-19-15-31(45)25-29(41)23-27(39-33-11-13-37(47)43(33,3)21-17-35(39)41)9-7-5-6-8-10-28-24-30-26-32(46)16-20-42(30,2)36-18-22-44(4)34(40(28)36)12-14-38(44)48/h5-10,25-28,33-40,47-48H,11-24H2,1-4H3/b6-5+,9-7+,10-8+/t27-,28-,33+,34+,35+,36+,37-,38-,39+,40+,41+,42+,43+,44+/m1/s1. The maximum atomic E-state index is 12.6. The molecule has 2 N–H and O–H groups in total. The summed E-state index contributed by atoms with van der Waals surface area (Å²) in [5.41, 5.74) is 3.04. The number of allylic oxidation sites excluding steroid dienone is 8. The van der Waals surface area contributed by atoms with Crippen LogP contribution in [0.15, 0.2) is 59.8 Å². The van der Waals surface area contributed by atoms with E-state index < -0.39 is 0 Å². The highest BCUT2D eigenvalue weighted by molar-refractivity contribution is 5.92. The molecular weight excluding hydrogens is 592 g/mol. The van der Waals surface area contributed by atoms with Gasteiger partial charge in [-0.2, -0.15) is 0 Å². The van der Waals surface area contributed by atoms with Gasteiger partial charge in [-0.25, -0.2) is 0 Å². The minimum absolute atomic E-state index is 0.0186. The minimum atomic E-state index is -0.190. The van der Waals surface area contributed by atoms with Crippen molar-refractivity contribution in [1.29, 1.82) is 0 Å². The maximum Gasteiger partial charge on any atom is 0.155 e. The van der Waals surface area contributed by atoms with E-state index in [-0.39, 0.29) is 33.9 Å². The Bertz CT molecular complexity index is 1390. The lowest BCUT2D eigenvalue weighted by Gasteiger charge is -2.60. The van der Waals surface area contributed by atoms with Crippen LogP contribution < -0.4 is 0 Å². The summed E-state index contributed by atoms with van der Waals surface area (Å²) in [5.74, 6) is 4.74. The zero-order valence-electron chi connectivity index (χ0n) is 30.0. The molecule has 0 heterocycles. The zero-order valence-corrected chi connectivity index (χ0v) is 30.0. The van der Waals surface area contributed by atoms with E-state index in [0.29, 0.717) is 71.8 Å². The third kappa shape index (κ3) is 4.88. The molecule has 0 aromatic heterocycles. The van der Waals surface area contributed by atoms with E-state index in [4.69, 9.17) is 0 Å². The van der Waals surface area contributed by atoms with Crippen molar-refractivity contribution >= 4 is 11.6 Å². The van der Waals surface area contributed by atoms with Gasteiger partial charge in [-0.15, -0.1) is 0 Å². The molecule has 0 bridgehead atoms. The number of hydrogen-bond acceptors (Lipinski definition) is 4. The minimum Gasteiger partial charge on any atom is -0.393 e. The summed E-state index contributed by atoms with van der Waals surface area (Å²) in [6.07, 6.45) is 31.3. The highest BCUT2D eigenvalue weighted by Gasteiger charge is 2.62. The van der Waals surface area contributed by atoms with Gasteiger partial charge in [-0.05, 0) is 158 Å². The largest absolute Gasteiger partial charge is 0.393 e. The van der Waals surface area contributed by atoms with Gasteiger partial charge >= 0.3 is 0 Å². The molecule has 48 heavy (non-hydrogen) atoms. The van der Waals surface area contributed by atoms with Gasteiger partial charge in [0, 0.05) is 12.8 Å². The van der Waals surface area contributed by atoms with Crippen LogP contribution in [-0.4, -0.2) is 34.0 Å². The van der Waals surface area contributed by atoms with E-state index in [9.17, 15) is 19.8 Å². The molecule has 6 saturated carbocycles. The smallest absolute Gasteiger partial charge is 0.155 e. The quantitative estimate of drug-likeness (QED) is 0.298. The number of aliphatic hydroxyl groups excluding tert-OH is 2. The summed E-state index contributed by atoms with van der Waals surface area (Å²) in [5, 5.41) is 22.2. The van der Waals surface area contributed by atoms with E-state index in [1.165, 1.54) is 11.1 Å². The summed E-state index contributed by atoms with van der Waals surface area (Å²) in [6.45, 7) is 9.60. The van der Waals surface area contributed by atoms with Gasteiger partial charge in [0.25, 0.3) is 0 Å². The third-order valence-corrected chi connectivity index (χ3v) is 17.1. The number of fused-ring (bicyclic) bond motifs is 10. The third-order valence-electron chi connectivity index (χ3n) is 17.1. The Morgan fingerprint density at radius 3 is 1.40 bits per heavy atom. The van der Waals surface area contributed by atoms with Crippen LogP contribution in [0.2, 0.25) is 0 Å². The fraction of sp³-hybridized carbons (Fsp3) is 0.727. The van der Waals surface area contributed by atoms with E-state index in [1.54, 1.807) is 0 Å². The van der Waals surface area contributed by atoms with Crippen LogP contribution in [-0.2, 0) is 9.59 Å². The topological polar surface area (TPSA) is 74.6 Å². The Hall–Kier alpha value is -2.04. The second-order valence-corrected chi connectivity index (χ2v) is 18.9. The number of hydrogen-bond donors (Lipinski definition) is 2. The number of rotatable bonds is 4. The monoisotopic (exact) mass is 652 g/mol. The fourth-order valence-electron chi connectivity index (χ4n) is 14.1. The molecule has 260 valence electrons. The molecule has 6 fully saturated rings. The van der Waals surface area contributed by atoms with Crippen molar-refractivity contribution in [3.05, 3.63) is 59.8 Å². The molecular formula is C44H60O4. The van der Waals surface area contributed by atoms with Crippen molar-refractivity contribution in [1.82, 2.24) is 0 Å². The van der Waals surface area contributed by atoms with Gasteiger partial charge < -0.3 is 10.2 Å². The lowest BCUT2D eigenvalue weighted by atomic mass is 9.45. The summed E-state index contributed by atoms with van der Waals surface area (Å²) < 4.78 is 0. The maximum absolute atomic E-state index is 12.6. The molecule has 0 unspecified atom stereocenters. The molecule has 14 atom stereocenters. The molecule has 8 aliphatic rings. The first-order valence-corrected chi connectivity index (χ1v) is 19.7. The molecule has 4 nitrogen and oxygen atoms in total. The highest BCUT2D eigenvalue weighted by Crippen LogP contribution is 2.68. The van der Waals surface area contributed by atoms with Crippen molar-refractivity contribution in [2.45, 2.75) is 130 Å². The van der Waals surface area contributed by atoms with Crippen LogP contribution in [0.25, 0.3) is 0 Å². The number of carbonyl (C=O) groups is 2. The second kappa shape index (κ2) is 11.8. The van der Waals surface area contributed by atoms with Crippen LogP contribution in [0.3, 0.4) is 0 Å². The van der Waals surface area contributed by atoms with Gasteiger partial charge in [0.15, 0.2) is 11.6 Å². The number of ketones is 2. The summed E-state index contributed by atoms with van der Waals surface area (Å²) in [7, 11) is 0. The van der Waals surface area contributed by atoms with Crippen LogP contribution in [0.4, 0.5) is 0 Å². The fourth-order valence-corrected chi connectivity index (χ4v) is 14.1.